The summed E-state index contributed by atoms with van der Waals surface area (Å²) in [7, 11) is 0. The van der Waals surface area contributed by atoms with E-state index in [1.165, 1.54) is 0 Å². The average Bonchev–Trinajstić information content (AvgIpc) is 3.14. The summed E-state index contributed by atoms with van der Waals surface area (Å²) in [5, 5.41) is 9.66. The van der Waals surface area contributed by atoms with Crippen LogP contribution < -0.4 is 16.0 Å². The van der Waals surface area contributed by atoms with E-state index in [9.17, 15) is 4.79 Å². The Kier molecular flexibility index (Phi) is 9.82. The van der Waals surface area contributed by atoms with E-state index in [1.54, 1.807) is 6.20 Å². The van der Waals surface area contributed by atoms with Crippen molar-refractivity contribution in [2.75, 3.05) is 19.6 Å². The van der Waals surface area contributed by atoms with E-state index in [0.717, 1.165) is 44.9 Å². The van der Waals surface area contributed by atoms with Crippen molar-refractivity contribution in [2.24, 2.45) is 4.99 Å². The number of aliphatic imine (C=N–C) groups is 1. The normalized spacial score (nSPS) is 12.6. The monoisotopic (exact) mass is 394 g/mol. The van der Waals surface area contributed by atoms with Gasteiger partial charge < -0.3 is 25.3 Å². The van der Waals surface area contributed by atoms with E-state index in [1.807, 2.05) is 40.2 Å². The zero-order chi connectivity index (χ0) is 21.0. The lowest BCUT2D eigenvalue weighted by molar-refractivity contribution is 0.0452. The fraction of sp³-hybridized carbons (Fsp3) is 0.750. The van der Waals surface area contributed by atoms with Crippen LogP contribution in [0.4, 0.5) is 4.79 Å². The van der Waals surface area contributed by atoms with E-state index in [4.69, 9.17) is 9.73 Å². The fourth-order valence-electron chi connectivity index (χ4n) is 2.67. The average molecular weight is 395 g/mol. The first-order chi connectivity index (χ1) is 13.2. The number of carbonyl (C=O) groups excluding carboxylic acids is 1. The molecule has 0 radical (unpaired) electrons. The first kappa shape index (κ1) is 23.8. The molecular formula is C20H38N6O2. The van der Waals surface area contributed by atoms with Crippen molar-refractivity contribution in [2.45, 2.75) is 78.5 Å². The lowest BCUT2D eigenvalue weighted by Gasteiger charge is -2.32. The Balaban J connectivity index is 2.63. The highest BCUT2D eigenvalue weighted by molar-refractivity contribution is 5.79. The summed E-state index contributed by atoms with van der Waals surface area (Å²) < 4.78 is 7.48. The zero-order valence-corrected chi connectivity index (χ0v) is 18.3. The van der Waals surface area contributed by atoms with E-state index in [2.05, 4.69) is 39.3 Å². The maximum atomic E-state index is 12.3. The van der Waals surface area contributed by atoms with Crippen molar-refractivity contribution in [3.63, 3.8) is 0 Å². The van der Waals surface area contributed by atoms with Crippen LogP contribution in [0.25, 0.3) is 0 Å². The number of rotatable bonds is 10. The van der Waals surface area contributed by atoms with Crippen molar-refractivity contribution >= 4 is 12.1 Å². The smallest absolute Gasteiger partial charge is 0.408 e. The van der Waals surface area contributed by atoms with Gasteiger partial charge in [0.1, 0.15) is 5.60 Å². The molecule has 28 heavy (non-hydrogen) atoms. The molecule has 1 amide bonds. The molecule has 1 heterocycles. The van der Waals surface area contributed by atoms with Crippen molar-refractivity contribution in [3.8, 4) is 0 Å². The SMILES string of the molecule is CCNC(=NCC(CC)(CC)NC(=O)OC(C)(C)C)NCCCn1ccnc1. The molecule has 1 aromatic rings. The second-order valence-electron chi connectivity index (χ2n) is 7.89. The number of hydrogen-bond donors (Lipinski definition) is 3. The number of imidazole rings is 1. The minimum atomic E-state index is -0.522. The molecule has 0 saturated carbocycles. The number of ether oxygens (including phenoxy) is 1. The van der Waals surface area contributed by atoms with E-state index in [0.29, 0.717) is 6.54 Å². The molecule has 160 valence electrons. The summed E-state index contributed by atoms with van der Waals surface area (Å²) in [6, 6.07) is 0. The molecule has 1 rings (SSSR count). The fourth-order valence-corrected chi connectivity index (χ4v) is 2.67. The quantitative estimate of drug-likeness (QED) is 0.322. The van der Waals surface area contributed by atoms with Gasteiger partial charge >= 0.3 is 6.09 Å². The largest absolute Gasteiger partial charge is 0.444 e. The first-order valence-corrected chi connectivity index (χ1v) is 10.2. The van der Waals surface area contributed by atoms with Crippen LogP contribution in [0.15, 0.2) is 23.7 Å². The van der Waals surface area contributed by atoms with Gasteiger partial charge in [0.2, 0.25) is 0 Å². The van der Waals surface area contributed by atoms with E-state index >= 15 is 0 Å². The van der Waals surface area contributed by atoms with Crippen LogP contribution >= 0.6 is 0 Å². The molecule has 0 bridgehead atoms. The Morgan fingerprint density at radius 2 is 1.89 bits per heavy atom. The summed E-state index contributed by atoms with van der Waals surface area (Å²) in [5.74, 6) is 0.755. The Morgan fingerprint density at radius 3 is 2.43 bits per heavy atom. The number of carbonyl (C=O) groups is 1. The minimum absolute atomic E-state index is 0.398. The predicted molar refractivity (Wildman–Crippen MR) is 114 cm³/mol. The van der Waals surface area contributed by atoms with Crippen LogP contribution in [0.5, 0.6) is 0 Å². The highest BCUT2D eigenvalue weighted by atomic mass is 16.6. The molecule has 0 fully saturated rings. The van der Waals surface area contributed by atoms with Gasteiger partial charge in [0.25, 0.3) is 0 Å². The van der Waals surface area contributed by atoms with Crippen LogP contribution in [0.2, 0.25) is 0 Å². The summed E-state index contributed by atoms with van der Waals surface area (Å²) in [5.41, 5.74) is -0.951. The van der Waals surface area contributed by atoms with Crippen LogP contribution in [0.3, 0.4) is 0 Å². The minimum Gasteiger partial charge on any atom is -0.444 e. The van der Waals surface area contributed by atoms with E-state index < -0.39 is 17.2 Å². The summed E-state index contributed by atoms with van der Waals surface area (Å²) >= 11 is 0. The first-order valence-electron chi connectivity index (χ1n) is 10.2. The number of guanidine groups is 1. The molecule has 8 nitrogen and oxygen atoms in total. The Morgan fingerprint density at radius 1 is 1.18 bits per heavy atom. The van der Waals surface area contributed by atoms with Gasteiger partial charge in [0.15, 0.2) is 5.96 Å². The van der Waals surface area contributed by atoms with E-state index in [-0.39, 0.29) is 0 Å². The molecule has 3 N–H and O–H groups in total. The lowest BCUT2D eigenvalue weighted by atomic mass is 9.93. The third-order valence-electron chi connectivity index (χ3n) is 4.45. The van der Waals surface area contributed by atoms with Gasteiger partial charge in [-0.2, -0.15) is 0 Å². The number of alkyl carbamates (subject to hydrolysis) is 1. The molecule has 0 unspecified atom stereocenters. The predicted octanol–water partition coefficient (Wildman–Crippen LogP) is 2.91. The molecule has 1 aromatic heterocycles. The highest BCUT2D eigenvalue weighted by Crippen LogP contribution is 2.17. The molecule has 0 aliphatic carbocycles. The van der Waals surface area contributed by atoms with Gasteiger partial charge in [-0.15, -0.1) is 0 Å². The molecule has 0 saturated heterocycles. The van der Waals surface area contributed by atoms with Crippen LogP contribution in [-0.4, -0.2) is 52.4 Å². The van der Waals surface area contributed by atoms with Crippen LogP contribution in [0.1, 0.15) is 60.8 Å². The molecule has 0 aliphatic rings. The van der Waals surface area contributed by atoms with Gasteiger partial charge in [0.05, 0.1) is 18.4 Å². The third kappa shape index (κ3) is 9.10. The standard InChI is InChI=1S/C20H38N6O2/c1-7-20(8-2,25-18(27)28-19(4,5)6)15-24-17(22-9-3)23-11-10-13-26-14-12-21-16-26/h12,14,16H,7-11,13,15H2,1-6H3,(H,25,27)(H2,22,23,24). The maximum Gasteiger partial charge on any atom is 0.408 e. The number of nitrogens with zero attached hydrogens (tertiary/aromatic N) is 3. The second-order valence-corrected chi connectivity index (χ2v) is 7.89. The van der Waals surface area contributed by atoms with Gasteiger partial charge in [0, 0.05) is 32.0 Å². The lowest BCUT2D eigenvalue weighted by Crippen LogP contribution is -2.52. The molecule has 0 atom stereocenters. The van der Waals surface area contributed by atoms with Crippen LogP contribution in [-0.2, 0) is 11.3 Å². The number of nitrogens with one attached hydrogen (secondary N) is 3. The van der Waals surface area contributed by atoms with Crippen molar-refractivity contribution in [1.82, 2.24) is 25.5 Å². The van der Waals surface area contributed by atoms with Crippen molar-refractivity contribution in [3.05, 3.63) is 18.7 Å². The Labute approximate surface area is 169 Å². The Bertz CT molecular complexity index is 588. The van der Waals surface area contributed by atoms with Gasteiger partial charge in [-0.25, -0.2) is 9.78 Å². The highest BCUT2D eigenvalue weighted by Gasteiger charge is 2.30. The van der Waals surface area contributed by atoms with Crippen molar-refractivity contribution < 1.29 is 9.53 Å². The summed E-state index contributed by atoms with van der Waals surface area (Å²) in [6.45, 7) is 14.7. The number of aromatic nitrogens is 2. The molecule has 8 heteroatoms. The molecule has 0 aromatic carbocycles. The molecule has 0 aliphatic heterocycles. The maximum absolute atomic E-state index is 12.3. The molecular weight excluding hydrogens is 356 g/mol. The second kappa shape index (κ2) is 11.6. The van der Waals surface area contributed by atoms with Crippen LogP contribution in [0, 0.1) is 0 Å². The summed E-state index contributed by atoms with van der Waals surface area (Å²) in [4.78, 5) is 21.0. The number of amides is 1. The Hall–Kier alpha value is -2.25. The number of hydrogen-bond acceptors (Lipinski definition) is 4. The zero-order valence-electron chi connectivity index (χ0n) is 18.3. The number of aryl methyl sites for hydroxylation is 1. The third-order valence-corrected chi connectivity index (χ3v) is 4.45. The van der Waals surface area contributed by atoms with Crippen molar-refractivity contribution in [1.29, 1.82) is 0 Å². The topological polar surface area (TPSA) is 92.6 Å². The van der Waals surface area contributed by atoms with Gasteiger partial charge in [-0.3, -0.25) is 4.99 Å². The van der Waals surface area contributed by atoms with Gasteiger partial charge in [-0.1, -0.05) is 13.8 Å². The van der Waals surface area contributed by atoms with Gasteiger partial charge in [-0.05, 0) is 47.0 Å². The molecule has 0 spiro atoms. The summed E-state index contributed by atoms with van der Waals surface area (Å²) in [6.07, 6.45) is 7.66.